The molecule has 2 amide bonds. The fourth-order valence-corrected chi connectivity index (χ4v) is 2.93. The maximum atomic E-state index is 13.7. The Kier molecular flexibility index (Phi) is 5.66. The molecule has 0 saturated heterocycles. The number of nitrogens with one attached hydrogen (secondary N) is 2. The van der Waals surface area contributed by atoms with Crippen molar-refractivity contribution in [3.05, 3.63) is 46.2 Å². The molecule has 0 aliphatic rings. The Morgan fingerprint density at radius 2 is 1.88 bits per heavy atom. The third-order valence-electron chi connectivity index (χ3n) is 3.61. The molecular weight excluding hydrogens is 329 g/mol. The van der Waals surface area contributed by atoms with Crippen molar-refractivity contribution in [2.45, 2.75) is 33.7 Å². The standard InChI is InChI=1S/C17H20FN3O2S/c1-9(2)14(16(23)21-17-19-10(3)11(4)24-17)20-15(22)12-7-5-6-8-13(12)18/h5-9,14H,1-4H3,(H,20,22)(H,19,21,23). The van der Waals surface area contributed by atoms with Crippen LogP contribution in [0.1, 0.15) is 34.8 Å². The summed E-state index contributed by atoms with van der Waals surface area (Å²) in [4.78, 5) is 30.0. The van der Waals surface area contributed by atoms with Crippen LogP contribution in [0.4, 0.5) is 9.52 Å². The second-order valence-electron chi connectivity index (χ2n) is 5.82. The van der Waals surface area contributed by atoms with Crippen LogP contribution in [0, 0.1) is 25.6 Å². The van der Waals surface area contributed by atoms with Crippen LogP contribution in [0.5, 0.6) is 0 Å². The van der Waals surface area contributed by atoms with Gasteiger partial charge in [0.2, 0.25) is 5.91 Å². The lowest BCUT2D eigenvalue weighted by atomic mass is 10.0. The molecule has 24 heavy (non-hydrogen) atoms. The highest BCUT2D eigenvalue weighted by molar-refractivity contribution is 7.15. The number of amides is 2. The van der Waals surface area contributed by atoms with E-state index in [-0.39, 0.29) is 17.4 Å². The Labute approximate surface area is 144 Å². The lowest BCUT2D eigenvalue weighted by Gasteiger charge is -2.21. The van der Waals surface area contributed by atoms with Crippen LogP contribution in [0.25, 0.3) is 0 Å². The molecule has 2 rings (SSSR count). The van der Waals surface area contributed by atoms with Crippen LogP contribution in [0.3, 0.4) is 0 Å². The predicted octanol–water partition coefficient (Wildman–Crippen LogP) is 3.29. The van der Waals surface area contributed by atoms with Crippen LogP contribution < -0.4 is 10.6 Å². The van der Waals surface area contributed by atoms with E-state index in [0.29, 0.717) is 5.13 Å². The fourth-order valence-electron chi connectivity index (χ4n) is 2.11. The number of hydrogen-bond donors (Lipinski definition) is 2. The lowest BCUT2D eigenvalue weighted by Crippen LogP contribution is -2.47. The first-order valence-corrected chi connectivity index (χ1v) is 8.41. The van der Waals surface area contributed by atoms with E-state index in [1.807, 2.05) is 27.7 Å². The van der Waals surface area contributed by atoms with Crippen molar-refractivity contribution in [2.75, 3.05) is 5.32 Å². The van der Waals surface area contributed by atoms with Gasteiger partial charge in [0.25, 0.3) is 5.91 Å². The first-order chi connectivity index (χ1) is 11.3. The Balaban J connectivity index is 2.12. The van der Waals surface area contributed by atoms with Gasteiger partial charge in [-0.3, -0.25) is 9.59 Å². The van der Waals surface area contributed by atoms with Gasteiger partial charge in [0.05, 0.1) is 11.3 Å². The number of nitrogens with zero attached hydrogens (tertiary/aromatic N) is 1. The smallest absolute Gasteiger partial charge is 0.254 e. The van der Waals surface area contributed by atoms with Crippen molar-refractivity contribution in [3.63, 3.8) is 0 Å². The van der Waals surface area contributed by atoms with E-state index in [4.69, 9.17) is 0 Å². The van der Waals surface area contributed by atoms with Gasteiger partial charge in [0, 0.05) is 4.88 Å². The summed E-state index contributed by atoms with van der Waals surface area (Å²) in [6.07, 6.45) is 0. The zero-order chi connectivity index (χ0) is 17.9. The van der Waals surface area contributed by atoms with Gasteiger partial charge >= 0.3 is 0 Å². The summed E-state index contributed by atoms with van der Waals surface area (Å²) < 4.78 is 13.7. The minimum atomic E-state index is -0.790. The average Bonchev–Trinajstić information content (AvgIpc) is 2.82. The van der Waals surface area contributed by atoms with Gasteiger partial charge in [0.15, 0.2) is 5.13 Å². The Morgan fingerprint density at radius 1 is 1.21 bits per heavy atom. The number of rotatable bonds is 5. The first kappa shape index (κ1) is 18.1. The molecule has 1 aromatic heterocycles. The van der Waals surface area contributed by atoms with Crippen molar-refractivity contribution in [3.8, 4) is 0 Å². The van der Waals surface area contributed by atoms with Crippen LogP contribution in [0.15, 0.2) is 24.3 Å². The van der Waals surface area contributed by atoms with E-state index < -0.39 is 17.8 Å². The van der Waals surface area contributed by atoms with Crippen LogP contribution in [0.2, 0.25) is 0 Å². The minimum Gasteiger partial charge on any atom is -0.340 e. The maximum Gasteiger partial charge on any atom is 0.254 e. The summed E-state index contributed by atoms with van der Waals surface area (Å²) in [6, 6.07) is 4.88. The molecular formula is C17H20FN3O2S. The monoisotopic (exact) mass is 349 g/mol. The highest BCUT2D eigenvalue weighted by Gasteiger charge is 2.26. The number of aromatic nitrogens is 1. The summed E-state index contributed by atoms with van der Waals surface area (Å²) in [5.74, 6) is -1.77. The second-order valence-corrected chi connectivity index (χ2v) is 7.03. The number of carbonyl (C=O) groups is 2. The molecule has 0 radical (unpaired) electrons. The molecule has 2 aromatic rings. The number of benzene rings is 1. The molecule has 1 heterocycles. The van der Waals surface area contributed by atoms with E-state index in [0.717, 1.165) is 10.6 Å². The van der Waals surface area contributed by atoms with Gasteiger partial charge in [-0.1, -0.05) is 26.0 Å². The Morgan fingerprint density at radius 3 is 2.42 bits per heavy atom. The number of anilines is 1. The second kappa shape index (κ2) is 7.53. The number of hydrogen-bond acceptors (Lipinski definition) is 4. The van der Waals surface area contributed by atoms with Crippen molar-refractivity contribution in [1.29, 1.82) is 0 Å². The first-order valence-electron chi connectivity index (χ1n) is 7.60. The predicted molar refractivity (Wildman–Crippen MR) is 92.7 cm³/mol. The van der Waals surface area contributed by atoms with Gasteiger partial charge in [-0.2, -0.15) is 0 Å². The van der Waals surface area contributed by atoms with E-state index in [1.165, 1.54) is 29.5 Å². The summed E-state index contributed by atoms with van der Waals surface area (Å²) in [6.45, 7) is 7.40. The summed E-state index contributed by atoms with van der Waals surface area (Å²) in [5, 5.41) is 5.80. The molecule has 7 heteroatoms. The Bertz CT molecular complexity index is 739. The number of carbonyl (C=O) groups excluding carboxylic acids is 2. The van der Waals surface area contributed by atoms with Crippen LogP contribution in [-0.4, -0.2) is 22.8 Å². The molecule has 0 aliphatic carbocycles. The topological polar surface area (TPSA) is 71.1 Å². The molecule has 5 nitrogen and oxygen atoms in total. The van der Waals surface area contributed by atoms with Gasteiger partial charge in [0.1, 0.15) is 11.9 Å². The molecule has 1 unspecified atom stereocenters. The van der Waals surface area contributed by atoms with Gasteiger partial charge in [-0.15, -0.1) is 11.3 Å². The van der Waals surface area contributed by atoms with Crippen molar-refractivity contribution in [1.82, 2.24) is 10.3 Å². The molecule has 128 valence electrons. The van der Waals surface area contributed by atoms with Gasteiger partial charge in [-0.25, -0.2) is 9.37 Å². The van der Waals surface area contributed by atoms with E-state index in [1.54, 1.807) is 6.07 Å². The highest BCUT2D eigenvalue weighted by Crippen LogP contribution is 2.21. The SMILES string of the molecule is Cc1nc(NC(=O)C(NC(=O)c2ccccc2F)C(C)C)sc1C. The molecule has 1 aromatic carbocycles. The fraction of sp³-hybridized carbons (Fsp3) is 0.353. The van der Waals surface area contributed by atoms with Crippen molar-refractivity contribution < 1.29 is 14.0 Å². The number of aryl methyl sites for hydroxylation is 2. The molecule has 0 aliphatic heterocycles. The maximum absolute atomic E-state index is 13.7. The number of halogens is 1. The minimum absolute atomic E-state index is 0.0862. The highest BCUT2D eigenvalue weighted by atomic mass is 32.1. The van der Waals surface area contributed by atoms with E-state index in [2.05, 4.69) is 15.6 Å². The molecule has 0 saturated carbocycles. The normalized spacial score (nSPS) is 12.1. The largest absolute Gasteiger partial charge is 0.340 e. The molecule has 0 spiro atoms. The van der Waals surface area contributed by atoms with Crippen molar-refractivity contribution in [2.24, 2.45) is 5.92 Å². The average molecular weight is 349 g/mol. The molecule has 1 atom stereocenters. The van der Waals surface area contributed by atoms with Gasteiger partial charge < -0.3 is 10.6 Å². The zero-order valence-corrected chi connectivity index (χ0v) is 14.8. The molecule has 0 fully saturated rings. The van der Waals surface area contributed by atoms with Crippen LogP contribution >= 0.6 is 11.3 Å². The molecule has 0 bridgehead atoms. The summed E-state index contributed by atoms with van der Waals surface area (Å²) in [7, 11) is 0. The Hall–Kier alpha value is -2.28. The van der Waals surface area contributed by atoms with Gasteiger partial charge in [-0.05, 0) is 31.9 Å². The summed E-state index contributed by atoms with van der Waals surface area (Å²) >= 11 is 1.37. The quantitative estimate of drug-likeness (QED) is 0.870. The van der Waals surface area contributed by atoms with E-state index in [9.17, 15) is 14.0 Å². The zero-order valence-electron chi connectivity index (χ0n) is 14.0. The number of thiazole rings is 1. The van der Waals surface area contributed by atoms with E-state index >= 15 is 0 Å². The van der Waals surface area contributed by atoms with Crippen LogP contribution in [-0.2, 0) is 4.79 Å². The third-order valence-corrected chi connectivity index (χ3v) is 4.60. The van der Waals surface area contributed by atoms with Crippen molar-refractivity contribution >= 4 is 28.3 Å². The third kappa shape index (κ3) is 4.17. The summed E-state index contributed by atoms with van der Waals surface area (Å²) in [5.41, 5.74) is 0.767. The molecule has 2 N–H and O–H groups in total. The lowest BCUT2D eigenvalue weighted by molar-refractivity contribution is -0.118.